The summed E-state index contributed by atoms with van der Waals surface area (Å²) in [4.78, 5) is 13.1. The number of rotatable bonds is 3. The smallest absolute Gasteiger partial charge is 0.142 e. The molecule has 1 saturated heterocycles. The molecule has 1 fully saturated rings. The highest BCUT2D eigenvalue weighted by atomic mass is 16.3. The van der Waals surface area contributed by atoms with Crippen molar-refractivity contribution in [3.8, 4) is 0 Å². The summed E-state index contributed by atoms with van der Waals surface area (Å²) in [5.74, 6) is 0.0858. The molecular formula is C12H15NO2. The highest BCUT2D eigenvalue weighted by molar-refractivity contribution is 5.68. The molecule has 3 heteroatoms. The molecule has 0 aromatic heterocycles. The first kappa shape index (κ1) is 10.2. The van der Waals surface area contributed by atoms with Gasteiger partial charge in [-0.05, 0) is 18.6 Å². The quantitative estimate of drug-likeness (QED) is 0.750. The Balaban J connectivity index is 2.20. The highest BCUT2D eigenvalue weighted by Crippen LogP contribution is 2.28. The third kappa shape index (κ3) is 1.88. The fraction of sp³-hybridized carbons (Fsp3) is 0.417. The molecule has 0 saturated carbocycles. The van der Waals surface area contributed by atoms with Crippen LogP contribution in [0, 0.1) is 5.92 Å². The van der Waals surface area contributed by atoms with Crippen LogP contribution in [-0.4, -0.2) is 30.6 Å². The van der Waals surface area contributed by atoms with Gasteiger partial charge in [-0.3, -0.25) is 0 Å². The fourth-order valence-electron chi connectivity index (χ4n) is 2.18. The third-order valence-corrected chi connectivity index (χ3v) is 3.05. The molecule has 1 aliphatic heterocycles. The number of anilines is 1. The second kappa shape index (κ2) is 4.45. The van der Waals surface area contributed by atoms with Crippen molar-refractivity contribution in [2.75, 3.05) is 18.1 Å². The largest absolute Gasteiger partial charge is 0.396 e. The zero-order valence-corrected chi connectivity index (χ0v) is 8.54. The lowest BCUT2D eigenvalue weighted by atomic mass is 10.0. The topological polar surface area (TPSA) is 40.5 Å². The Bertz CT molecular complexity index is 326. The van der Waals surface area contributed by atoms with E-state index in [1.165, 1.54) is 0 Å². The van der Waals surface area contributed by atoms with E-state index in [2.05, 4.69) is 4.90 Å². The summed E-state index contributed by atoms with van der Waals surface area (Å²) in [6.07, 6.45) is 1.83. The van der Waals surface area contributed by atoms with E-state index >= 15 is 0 Å². The summed E-state index contributed by atoms with van der Waals surface area (Å²) in [5.41, 5.74) is 1.06. The van der Waals surface area contributed by atoms with Gasteiger partial charge < -0.3 is 14.8 Å². The van der Waals surface area contributed by atoms with Crippen LogP contribution in [-0.2, 0) is 4.79 Å². The number of carbonyl (C=O) groups excluding carboxylic acids is 1. The van der Waals surface area contributed by atoms with Crippen LogP contribution in [0.3, 0.4) is 0 Å². The van der Waals surface area contributed by atoms with Crippen molar-refractivity contribution in [1.29, 1.82) is 0 Å². The van der Waals surface area contributed by atoms with Crippen molar-refractivity contribution >= 4 is 12.0 Å². The summed E-state index contributed by atoms with van der Waals surface area (Å²) in [6.45, 7) is 0.936. The number of benzene rings is 1. The van der Waals surface area contributed by atoms with Crippen molar-refractivity contribution in [2.24, 2.45) is 5.92 Å². The number of carbonyl (C=O) groups is 1. The molecule has 1 aliphatic rings. The van der Waals surface area contributed by atoms with Crippen molar-refractivity contribution in [2.45, 2.75) is 12.5 Å². The van der Waals surface area contributed by atoms with Crippen LogP contribution in [0.2, 0.25) is 0 Å². The molecule has 0 aliphatic carbocycles. The molecule has 0 radical (unpaired) electrons. The van der Waals surface area contributed by atoms with Crippen LogP contribution >= 0.6 is 0 Å². The first-order chi connectivity index (χ1) is 7.36. The zero-order valence-electron chi connectivity index (χ0n) is 8.54. The van der Waals surface area contributed by atoms with E-state index in [0.717, 1.165) is 24.9 Å². The summed E-state index contributed by atoms with van der Waals surface area (Å²) in [6, 6.07) is 9.70. The van der Waals surface area contributed by atoms with Crippen LogP contribution < -0.4 is 4.90 Å². The van der Waals surface area contributed by atoms with E-state index in [9.17, 15) is 4.79 Å². The Hall–Kier alpha value is -1.35. The second-order valence-corrected chi connectivity index (χ2v) is 3.89. The van der Waals surface area contributed by atoms with Crippen LogP contribution in [0.4, 0.5) is 5.69 Å². The van der Waals surface area contributed by atoms with Gasteiger partial charge in [0, 0.05) is 24.8 Å². The van der Waals surface area contributed by atoms with Gasteiger partial charge in [-0.1, -0.05) is 18.2 Å². The van der Waals surface area contributed by atoms with Gasteiger partial charge in [0.2, 0.25) is 0 Å². The minimum absolute atomic E-state index is 0.0858. The number of aliphatic hydroxyl groups is 1. The molecule has 1 heterocycles. The number of hydrogen-bond donors (Lipinski definition) is 1. The van der Waals surface area contributed by atoms with Crippen molar-refractivity contribution < 1.29 is 9.90 Å². The Kier molecular flexibility index (Phi) is 3.02. The van der Waals surface area contributed by atoms with Gasteiger partial charge in [-0.2, -0.15) is 0 Å². The lowest BCUT2D eigenvalue weighted by molar-refractivity contribution is -0.109. The van der Waals surface area contributed by atoms with Gasteiger partial charge in [0.1, 0.15) is 6.29 Å². The molecule has 80 valence electrons. The first-order valence-electron chi connectivity index (χ1n) is 5.24. The average Bonchev–Trinajstić information content (AvgIpc) is 2.72. The number of para-hydroxylation sites is 1. The number of hydrogen-bond acceptors (Lipinski definition) is 3. The van der Waals surface area contributed by atoms with Crippen LogP contribution in [0.15, 0.2) is 30.3 Å². The SMILES string of the molecule is O=CC1C(CO)CCN1c1ccccc1. The maximum Gasteiger partial charge on any atom is 0.142 e. The van der Waals surface area contributed by atoms with E-state index in [1.807, 2.05) is 30.3 Å². The summed E-state index contributed by atoms with van der Waals surface area (Å²) >= 11 is 0. The Morgan fingerprint density at radius 1 is 1.40 bits per heavy atom. The summed E-state index contributed by atoms with van der Waals surface area (Å²) in [5, 5.41) is 9.15. The van der Waals surface area contributed by atoms with Crippen LogP contribution in [0.1, 0.15) is 6.42 Å². The van der Waals surface area contributed by atoms with E-state index in [4.69, 9.17) is 5.11 Å². The Morgan fingerprint density at radius 3 is 2.73 bits per heavy atom. The monoisotopic (exact) mass is 205 g/mol. The number of nitrogens with zero attached hydrogens (tertiary/aromatic N) is 1. The molecular weight excluding hydrogens is 190 g/mol. The molecule has 2 unspecified atom stereocenters. The standard InChI is InChI=1S/C12H15NO2/c14-8-10-6-7-13(12(10)9-15)11-4-2-1-3-5-11/h1-5,9-10,12,14H,6-8H2. The fourth-order valence-corrected chi connectivity index (χ4v) is 2.18. The van der Waals surface area contributed by atoms with Crippen LogP contribution in [0.25, 0.3) is 0 Å². The maximum atomic E-state index is 11.0. The average molecular weight is 205 g/mol. The van der Waals surface area contributed by atoms with E-state index < -0.39 is 0 Å². The minimum atomic E-state index is -0.169. The molecule has 2 rings (SSSR count). The Morgan fingerprint density at radius 2 is 2.13 bits per heavy atom. The molecule has 15 heavy (non-hydrogen) atoms. The minimum Gasteiger partial charge on any atom is -0.396 e. The van der Waals surface area contributed by atoms with Gasteiger partial charge in [0.25, 0.3) is 0 Å². The molecule has 0 bridgehead atoms. The van der Waals surface area contributed by atoms with Gasteiger partial charge in [0.05, 0.1) is 6.04 Å². The van der Waals surface area contributed by atoms with E-state index in [-0.39, 0.29) is 18.6 Å². The second-order valence-electron chi connectivity index (χ2n) is 3.89. The predicted octanol–water partition coefficient (Wildman–Crippen LogP) is 1.07. The third-order valence-electron chi connectivity index (χ3n) is 3.05. The first-order valence-corrected chi connectivity index (χ1v) is 5.24. The normalized spacial score (nSPS) is 25.5. The van der Waals surface area contributed by atoms with Gasteiger partial charge in [0.15, 0.2) is 0 Å². The lowest BCUT2D eigenvalue weighted by Crippen LogP contribution is -2.35. The van der Waals surface area contributed by atoms with Gasteiger partial charge >= 0.3 is 0 Å². The molecule has 2 atom stereocenters. The van der Waals surface area contributed by atoms with Crippen LogP contribution in [0.5, 0.6) is 0 Å². The molecule has 1 aromatic carbocycles. The van der Waals surface area contributed by atoms with E-state index in [0.29, 0.717) is 0 Å². The lowest BCUT2D eigenvalue weighted by Gasteiger charge is -2.24. The number of aliphatic hydroxyl groups excluding tert-OH is 1. The predicted molar refractivity (Wildman–Crippen MR) is 58.8 cm³/mol. The van der Waals surface area contributed by atoms with Crippen molar-refractivity contribution in [1.82, 2.24) is 0 Å². The molecule has 1 aromatic rings. The van der Waals surface area contributed by atoms with Gasteiger partial charge in [-0.25, -0.2) is 0 Å². The molecule has 0 spiro atoms. The maximum absolute atomic E-state index is 11.0. The zero-order chi connectivity index (χ0) is 10.7. The van der Waals surface area contributed by atoms with Crippen molar-refractivity contribution in [3.05, 3.63) is 30.3 Å². The highest BCUT2D eigenvalue weighted by Gasteiger charge is 2.33. The molecule has 0 amide bonds. The molecule has 1 N–H and O–H groups in total. The molecule has 3 nitrogen and oxygen atoms in total. The summed E-state index contributed by atoms with van der Waals surface area (Å²) in [7, 11) is 0. The number of aldehydes is 1. The Labute approximate surface area is 89.3 Å². The van der Waals surface area contributed by atoms with Crippen molar-refractivity contribution in [3.63, 3.8) is 0 Å². The van der Waals surface area contributed by atoms with E-state index in [1.54, 1.807) is 0 Å². The summed E-state index contributed by atoms with van der Waals surface area (Å²) < 4.78 is 0. The van der Waals surface area contributed by atoms with Gasteiger partial charge in [-0.15, -0.1) is 0 Å².